The minimum absolute atomic E-state index is 0.348. The van der Waals surface area contributed by atoms with Gasteiger partial charge in [-0.15, -0.1) is 0 Å². The number of fused-ring (bicyclic) bond motifs is 1. The Morgan fingerprint density at radius 3 is 2.82 bits per heavy atom. The van der Waals surface area contributed by atoms with E-state index in [1.54, 1.807) is 11.1 Å². The van der Waals surface area contributed by atoms with Crippen molar-refractivity contribution in [1.82, 2.24) is 0 Å². The molecule has 0 heterocycles. The van der Waals surface area contributed by atoms with Crippen LogP contribution >= 0.6 is 0 Å². The van der Waals surface area contributed by atoms with Crippen LogP contribution in [-0.4, -0.2) is 6.04 Å². The molecule has 0 saturated carbocycles. The van der Waals surface area contributed by atoms with Crippen molar-refractivity contribution < 1.29 is 0 Å². The third-order valence-corrected chi connectivity index (χ3v) is 3.84. The number of aryl methyl sites for hydroxylation is 2. The molecule has 1 aliphatic carbocycles. The second-order valence-electron chi connectivity index (χ2n) is 5.42. The fraction of sp³-hybridized carbons (Fsp3) is 0.625. The highest BCUT2D eigenvalue weighted by Crippen LogP contribution is 2.23. The normalized spacial score (nSPS) is 15.9. The summed E-state index contributed by atoms with van der Waals surface area (Å²) in [4.78, 5) is 0. The smallest absolute Gasteiger partial charge is 0.00793 e. The molecule has 0 amide bonds. The van der Waals surface area contributed by atoms with Gasteiger partial charge >= 0.3 is 0 Å². The van der Waals surface area contributed by atoms with E-state index in [2.05, 4.69) is 25.1 Å². The summed E-state index contributed by atoms with van der Waals surface area (Å²) in [7, 11) is 0. The van der Waals surface area contributed by atoms with Gasteiger partial charge in [-0.1, -0.05) is 44.4 Å². The van der Waals surface area contributed by atoms with Crippen LogP contribution < -0.4 is 5.73 Å². The molecule has 1 unspecified atom stereocenters. The summed E-state index contributed by atoms with van der Waals surface area (Å²) in [5, 5.41) is 0. The molecule has 94 valence electrons. The van der Waals surface area contributed by atoms with Crippen molar-refractivity contribution in [2.24, 2.45) is 5.73 Å². The standard InChI is InChI=1S/C16H25N/c1-2-3-4-8-16(17)12-13-9-10-14-6-5-7-15(14)11-13/h9-11,16H,2-8,12,17H2,1H3. The first-order valence-corrected chi connectivity index (χ1v) is 7.16. The van der Waals surface area contributed by atoms with Gasteiger partial charge in [0.25, 0.3) is 0 Å². The van der Waals surface area contributed by atoms with Crippen LogP contribution in [-0.2, 0) is 19.3 Å². The average Bonchev–Trinajstić information content (AvgIpc) is 2.76. The second-order valence-corrected chi connectivity index (χ2v) is 5.42. The quantitative estimate of drug-likeness (QED) is 0.743. The van der Waals surface area contributed by atoms with E-state index < -0.39 is 0 Å². The molecule has 1 aromatic carbocycles. The Kier molecular flexibility index (Phi) is 4.61. The first-order valence-electron chi connectivity index (χ1n) is 7.16. The molecule has 0 saturated heterocycles. The van der Waals surface area contributed by atoms with Crippen LogP contribution in [0.25, 0.3) is 0 Å². The average molecular weight is 231 g/mol. The summed E-state index contributed by atoms with van der Waals surface area (Å²) in [6.07, 6.45) is 9.99. The molecule has 0 bridgehead atoms. The summed E-state index contributed by atoms with van der Waals surface area (Å²) in [5.41, 5.74) is 10.8. The first kappa shape index (κ1) is 12.6. The highest BCUT2D eigenvalue weighted by Gasteiger charge is 2.11. The Labute approximate surface area is 105 Å². The van der Waals surface area contributed by atoms with Crippen molar-refractivity contribution in [1.29, 1.82) is 0 Å². The Hall–Kier alpha value is -0.820. The van der Waals surface area contributed by atoms with E-state index in [-0.39, 0.29) is 0 Å². The van der Waals surface area contributed by atoms with Crippen molar-refractivity contribution in [2.45, 2.75) is 64.3 Å². The van der Waals surface area contributed by atoms with Gasteiger partial charge in [-0.2, -0.15) is 0 Å². The van der Waals surface area contributed by atoms with Crippen molar-refractivity contribution >= 4 is 0 Å². The van der Waals surface area contributed by atoms with Crippen LogP contribution in [0.15, 0.2) is 18.2 Å². The van der Waals surface area contributed by atoms with E-state index in [4.69, 9.17) is 5.73 Å². The van der Waals surface area contributed by atoms with Gasteiger partial charge in [0, 0.05) is 6.04 Å². The second kappa shape index (κ2) is 6.20. The molecule has 0 spiro atoms. The van der Waals surface area contributed by atoms with Gasteiger partial charge in [-0.3, -0.25) is 0 Å². The summed E-state index contributed by atoms with van der Waals surface area (Å²) >= 11 is 0. The first-order chi connectivity index (χ1) is 8.29. The lowest BCUT2D eigenvalue weighted by Gasteiger charge is -2.12. The van der Waals surface area contributed by atoms with Crippen LogP contribution in [0.5, 0.6) is 0 Å². The monoisotopic (exact) mass is 231 g/mol. The number of hydrogen-bond donors (Lipinski definition) is 1. The van der Waals surface area contributed by atoms with E-state index in [1.807, 2.05) is 0 Å². The van der Waals surface area contributed by atoms with Gasteiger partial charge < -0.3 is 5.73 Å². The predicted octanol–water partition coefficient (Wildman–Crippen LogP) is 3.63. The van der Waals surface area contributed by atoms with Crippen molar-refractivity contribution in [3.63, 3.8) is 0 Å². The molecular weight excluding hydrogens is 206 g/mol. The van der Waals surface area contributed by atoms with Gasteiger partial charge in [0.1, 0.15) is 0 Å². The zero-order chi connectivity index (χ0) is 12.1. The topological polar surface area (TPSA) is 26.0 Å². The van der Waals surface area contributed by atoms with Crippen molar-refractivity contribution in [3.8, 4) is 0 Å². The Balaban J connectivity index is 1.86. The van der Waals surface area contributed by atoms with Crippen LogP contribution in [0.2, 0.25) is 0 Å². The lowest BCUT2D eigenvalue weighted by molar-refractivity contribution is 0.557. The molecule has 2 rings (SSSR count). The van der Waals surface area contributed by atoms with Gasteiger partial charge in [0.2, 0.25) is 0 Å². The van der Waals surface area contributed by atoms with Gasteiger partial charge in [-0.05, 0) is 48.8 Å². The lowest BCUT2D eigenvalue weighted by atomic mass is 9.98. The Morgan fingerprint density at radius 1 is 1.18 bits per heavy atom. The summed E-state index contributed by atoms with van der Waals surface area (Å²) < 4.78 is 0. The van der Waals surface area contributed by atoms with Crippen molar-refractivity contribution in [3.05, 3.63) is 34.9 Å². The largest absolute Gasteiger partial charge is 0.327 e. The summed E-state index contributed by atoms with van der Waals surface area (Å²) in [6.45, 7) is 2.24. The number of unbranched alkanes of at least 4 members (excludes halogenated alkanes) is 2. The fourth-order valence-corrected chi connectivity index (χ4v) is 2.81. The summed E-state index contributed by atoms with van der Waals surface area (Å²) in [6, 6.07) is 7.34. The van der Waals surface area contributed by atoms with Gasteiger partial charge in [0.05, 0.1) is 0 Å². The van der Waals surface area contributed by atoms with E-state index in [9.17, 15) is 0 Å². The Morgan fingerprint density at radius 2 is 2.00 bits per heavy atom. The molecule has 0 radical (unpaired) electrons. The van der Waals surface area contributed by atoms with Gasteiger partial charge in [0.15, 0.2) is 0 Å². The predicted molar refractivity (Wildman–Crippen MR) is 74.3 cm³/mol. The third-order valence-electron chi connectivity index (χ3n) is 3.84. The highest BCUT2D eigenvalue weighted by molar-refractivity contribution is 5.35. The van der Waals surface area contributed by atoms with E-state index >= 15 is 0 Å². The summed E-state index contributed by atoms with van der Waals surface area (Å²) in [5.74, 6) is 0. The molecule has 0 fully saturated rings. The van der Waals surface area contributed by atoms with Crippen LogP contribution in [0.4, 0.5) is 0 Å². The molecule has 1 heteroatoms. The zero-order valence-corrected chi connectivity index (χ0v) is 11.0. The van der Waals surface area contributed by atoms with E-state index in [0.717, 1.165) is 6.42 Å². The van der Waals surface area contributed by atoms with Crippen LogP contribution in [0, 0.1) is 0 Å². The molecule has 1 nitrogen and oxygen atoms in total. The minimum atomic E-state index is 0.348. The highest BCUT2D eigenvalue weighted by atomic mass is 14.6. The molecular formula is C16H25N. The van der Waals surface area contributed by atoms with Gasteiger partial charge in [-0.25, -0.2) is 0 Å². The molecule has 0 aromatic heterocycles. The van der Waals surface area contributed by atoms with E-state index in [1.165, 1.54) is 50.5 Å². The van der Waals surface area contributed by atoms with Crippen LogP contribution in [0.1, 0.15) is 55.7 Å². The maximum Gasteiger partial charge on any atom is 0.00793 e. The molecule has 0 aliphatic heterocycles. The zero-order valence-electron chi connectivity index (χ0n) is 11.0. The molecule has 1 aromatic rings. The van der Waals surface area contributed by atoms with E-state index in [0.29, 0.717) is 6.04 Å². The number of nitrogens with two attached hydrogens (primary N) is 1. The SMILES string of the molecule is CCCCCC(N)Cc1ccc2c(c1)CCC2. The number of rotatable bonds is 6. The third kappa shape index (κ3) is 3.57. The minimum Gasteiger partial charge on any atom is -0.327 e. The molecule has 2 N–H and O–H groups in total. The number of hydrogen-bond acceptors (Lipinski definition) is 1. The molecule has 1 aliphatic rings. The fourth-order valence-electron chi connectivity index (χ4n) is 2.81. The molecule has 1 atom stereocenters. The maximum atomic E-state index is 6.19. The van der Waals surface area contributed by atoms with Crippen molar-refractivity contribution in [2.75, 3.05) is 0 Å². The molecule has 17 heavy (non-hydrogen) atoms. The Bertz CT molecular complexity index is 357. The number of benzene rings is 1. The van der Waals surface area contributed by atoms with Crippen LogP contribution in [0.3, 0.4) is 0 Å². The maximum absolute atomic E-state index is 6.19. The lowest BCUT2D eigenvalue weighted by Crippen LogP contribution is -2.22.